The van der Waals surface area contributed by atoms with Gasteiger partial charge in [0.1, 0.15) is 17.4 Å². The molecule has 1 aromatic carbocycles. The van der Waals surface area contributed by atoms with Crippen LogP contribution in [0, 0.1) is 11.3 Å². The van der Waals surface area contributed by atoms with E-state index in [1.165, 1.54) is 12.1 Å². The lowest BCUT2D eigenvalue weighted by Crippen LogP contribution is -2.09. The van der Waals surface area contributed by atoms with Gasteiger partial charge in [-0.3, -0.25) is 0 Å². The number of carbonyl (C=O) groups is 1. The Kier molecular flexibility index (Phi) is 3.86. The first-order valence-corrected chi connectivity index (χ1v) is 4.68. The van der Waals surface area contributed by atoms with Crippen LogP contribution in [0.4, 0.5) is 0 Å². The number of ether oxygens (including phenoxy) is 1. The van der Waals surface area contributed by atoms with Crippen LogP contribution in [0.2, 0.25) is 0 Å². The van der Waals surface area contributed by atoms with Crippen LogP contribution in [0.25, 0.3) is 0 Å². The van der Waals surface area contributed by atoms with E-state index in [0.29, 0.717) is 0 Å². The van der Waals surface area contributed by atoms with Crippen LogP contribution in [0.15, 0.2) is 12.1 Å². The molecule has 0 fully saturated rings. The zero-order chi connectivity index (χ0) is 12.1. The van der Waals surface area contributed by atoms with Crippen molar-refractivity contribution in [1.29, 1.82) is 5.26 Å². The van der Waals surface area contributed by atoms with Crippen LogP contribution < -0.4 is 0 Å². The number of carbonyl (C=O) groups excluding carboxylic acids is 1. The van der Waals surface area contributed by atoms with Crippen molar-refractivity contribution < 1.29 is 19.7 Å². The highest BCUT2D eigenvalue weighted by Gasteiger charge is 2.20. The number of benzene rings is 1. The molecular weight excluding hydrogens is 210 g/mol. The van der Waals surface area contributed by atoms with Crippen molar-refractivity contribution in [2.75, 3.05) is 6.61 Å². The molecule has 1 aromatic rings. The van der Waals surface area contributed by atoms with Crippen LogP contribution in [0.5, 0.6) is 5.75 Å². The molecule has 0 radical (unpaired) electrons. The fraction of sp³-hybridized carbons (Fsp3) is 0.273. The van der Waals surface area contributed by atoms with Crippen molar-refractivity contribution in [2.24, 2.45) is 0 Å². The molecule has 0 atom stereocenters. The van der Waals surface area contributed by atoms with Crippen LogP contribution in [-0.2, 0) is 11.3 Å². The summed E-state index contributed by atoms with van der Waals surface area (Å²) >= 11 is 0. The van der Waals surface area contributed by atoms with E-state index in [-0.39, 0.29) is 35.7 Å². The van der Waals surface area contributed by atoms with Gasteiger partial charge < -0.3 is 14.9 Å². The third kappa shape index (κ3) is 2.12. The van der Waals surface area contributed by atoms with Crippen LogP contribution in [0.3, 0.4) is 0 Å². The van der Waals surface area contributed by atoms with Crippen molar-refractivity contribution in [3.63, 3.8) is 0 Å². The van der Waals surface area contributed by atoms with Gasteiger partial charge in [0.15, 0.2) is 0 Å². The van der Waals surface area contributed by atoms with E-state index in [0.717, 1.165) is 0 Å². The van der Waals surface area contributed by atoms with Crippen molar-refractivity contribution >= 4 is 5.97 Å². The maximum atomic E-state index is 11.5. The van der Waals surface area contributed by atoms with Gasteiger partial charge in [-0.15, -0.1) is 0 Å². The minimum Gasteiger partial charge on any atom is -0.507 e. The van der Waals surface area contributed by atoms with Gasteiger partial charge in [0.25, 0.3) is 0 Å². The first kappa shape index (κ1) is 12.0. The Hall–Kier alpha value is -2.06. The van der Waals surface area contributed by atoms with Crippen molar-refractivity contribution in [2.45, 2.75) is 13.5 Å². The molecule has 16 heavy (non-hydrogen) atoms. The summed E-state index contributed by atoms with van der Waals surface area (Å²) in [5.74, 6) is -1.10. The van der Waals surface area contributed by atoms with Gasteiger partial charge in [-0.25, -0.2) is 4.79 Å². The standard InChI is InChI=1S/C11H11NO4/c1-2-16-11(15)10-8(5-12)7(6-13)3-4-9(10)14/h3-4,13-14H,2,6H2,1H3. The number of aromatic hydroxyl groups is 1. The number of hydrogen-bond donors (Lipinski definition) is 2. The van der Waals surface area contributed by atoms with Gasteiger partial charge in [0, 0.05) is 0 Å². The van der Waals surface area contributed by atoms with Crippen molar-refractivity contribution in [3.8, 4) is 11.8 Å². The molecule has 5 nitrogen and oxygen atoms in total. The van der Waals surface area contributed by atoms with Crippen LogP contribution in [-0.4, -0.2) is 22.8 Å². The Balaban J connectivity index is 3.35. The smallest absolute Gasteiger partial charge is 0.343 e. The molecule has 0 aliphatic rings. The molecule has 5 heteroatoms. The van der Waals surface area contributed by atoms with E-state index in [9.17, 15) is 9.90 Å². The normalized spacial score (nSPS) is 9.56. The number of esters is 1. The maximum absolute atomic E-state index is 11.5. The van der Waals surface area contributed by atoms with E-state index in [4.69, 9.17) is 15.1 Å². The third-order valence-electron chi connectivity index (χ3n) is 2.03. The average molecular weight is 221 g/mol. The largest absolute Gasteiger partial charge is 0.507 e. The van der Waals surface area contributed by atoms with Crippen LogP contribution >= 0.6 is 0 Å². The predicted molar refractivity (Wildman–Crippen MR) is 54.7 cm³/mol. The summed E-state index contributed by atoms with van der Waals surface area (Å²) < 4.78 is 4.72. The lowest BCUT2D eigenvalue weighted by atomic mass is 10.0. The summed E-state index contributed by atoms with van der Waals surface area (Å²) in [6.45, 7) is 1.39. The van der Waals surface area contributed by atoms with E-state index in [2.05, 4.69) is 0 Å². The summed E-state index contributed by atoms with van der Waals surface area (Å²) in [6, 6.07) is 4.41. The molecule has 1 rings (SSSR count). The Morgan fingerprint density at radius 3 is 2.75 bits per heavy atom. The lowest BCUT2D eigenvalue weighted by Gasteiger charge is -2.08. The lowest BCUT2D eigenvalue weighted by molar-refractivity contribution is 0.0522. The number of hydrogen-bond acceptors (Lipinski definition) is 5. The van der Waals surface area contributed by atoms with Crippen molar-refractivity contribution in [3.05, 3.63) is 28.8 Å². The second kappa shape index (κ2) is 5.14. The first-order valence-electron chi connectivity index (χ1n) is 4.68. The molecule has 0 amide bonds. The van der Waals surface area contributed by atoms with E-state index in [1.54, 1.807) is 13.0 Å². The second-order valence-corrected chi connectivity index (χ2v) is 2.98. The molecule has 0 heterocycles. The van der Waals surface area contributed by atoms with E-state index >= 15 is 0 Å². The molecule has 0 saturated heterocycles. The van der Waals surface area contributed by atoms with Gasteiger partial charge in [-0.1, -0.05) is 6.07 Å². The SMILES string of the molecule is CCOC(=O)c1c(O)ccc(CO)c1C#N. The summed E-state index contributed by atoms with van der Waals surface area (Å²) in [5.41, 5.74) is 0.0280. The molecule has 0 aliphatic carbocycles. The molecule has 0 aromatic heterocycles. The Morgan fingerprint density at radius 2 is 2.25 bits per heavy atom. The molecule has 0 saturated carbocycles. The zero-order valence-corrected chi connectivity index (χ0v) is 8.73. The summed E-state index contributed by atoms with van der Waals surface area (Å²) in [5, 5.41) is 27.4. The van der Waals surface area contributed by atoms with Gasteiger partial charge in [0.2, 0.25) is 0 Å². The number of nitriles is 1. The number of aliphatic hydroxyl groups is 1. The number of nitrogens with zero attached hydrogens (tertiary/aromatic N) is 1. The highest BCUT2D eigenvalue weighted by Crippen LogP contribution is 2.25. The molecule has 2 N–H and O–H groups in total. The third-order valence-corrected chi connectivity index (χ3v) is 2.03. The van der Waals surface area contributed by atoms with Crippen LogP contribution in [0.1, 0.15) is 28.4 Å². The molecule has 0 aliphatic heterocycles. The highest BCUT2D eigenvalue weighted by atomic mass is 16.5. The second-order valence-electron chi connectivity index (χ2n) is 2.98. The topological polar surface area (TPSA) is 90.6 Å². The Morgan fingerprint density at radius 1 is 1.56 bits per heavy atom. The fourth-order valence-electron chi connectivity index (χ4n) is 1.30. The number of rotatable bonds is 3. The van der Waals surface area contributed by atoms with Gasteiger partial charge in [-0.2, -0.15) is 5.26 Å². The fourth-order valence-corrected chi connectivity index (χ4v) is 1.30. The van der Waals surface area contributed by atoms with E-state index < -0.39 is 5.97 Å². The number of phenolic OH excluding ortho intramolecular Hbond substituents is 1. The highest BCUT2D eigenvalue weighted by molar-refractivity contribution is 5.95. The van der Waals surface area contributed by atoms with Gasteiger partial charge >= 0.3 is 5.97 Å². The Bertz CT molecular complexity index is 448. The monoisotopic (exact) mass is 221 g/mol. The predicted octanol–water partition coefficient (Wildman–Crippen LogP) is 0.933. The summed E-state index contributed by atoms with van der Waals surface area (Å²) in [6.07, 6.45) is 0. The molecule has 84 valence electrons. The molecule has 0 bridgehead atoms. The number of aliphatic hydroxyl groups excluding tert-OH is 1. The molecular formula is C11H11NO4. The molecule has 0 spiro atoms. The minimum absolute atomic E-state index is 0.0547. The number of phenols is 1. The van der Waals surface area contributed by atoms with E-state index in [1.807, 2.05) is 0 Å². The average Bonchev–Trinajstić information content (AvgIpc) is 2.28. The quantitative estimate of drug-likeness (QED) is 0.741. The maximum Gasteiger partial charge on any atom is 0.343 e. The summed E-state index contributed by atoms with van der Waals surface area (Å²) in [4.78, 5) is 11.5. The Labute approximate surface area is 92.5 Å². The first-order chi connectivity index (χ1) is 7.65. The summed E-state index contributed by atoms with van der Waals surface area (Å²) in [7, 11) is 0. The van der Waals surface area contributed by atoms with Crippen molar-refractivity contribution in [1.82, 2.24) is 0 Å². The zero-order valence-electron chi connectivity index (χ0n) is 8.73. The van der Waals surface area contributed by atoms with Gasteiger partial charge in [0.05, 0.1) is 18.8 Å². The minimum atomic E-state index is -0.771. The molecule has 0 unspecified atom stereocenters. The van der Waals surface area contributed by atoms with Gasteiger partial charge in [-0.05, 0) is 18.6 Å².